The lowest BCUT2D eigenvalue weighted by Crippen LogP contribution is -2.06. The van der Waals surface area contributed by atoms with E-state index >= 15 is 0 Å². The molecule has 3 aromatic rings. The molecule has 0 N–H and O–H groups in total. The molecule has 0 spiro atoms. The van der Waals surface area contributed by atoms with Gasteiger partial charge in [0, 0.05) is 23.7 Å². The molecule has 3 rings (SSSR count). The number of hydrogen-bond acceptors (Lipinski definition) is 2. The van der Waals surface area contributed by atoms with Crippen molar-refractivity contribution in [1.29, 1.82) is 0 Å². The van der Waals surface area contributed by atoms with Crippen LogP contribution < -0.4 is 0 Å². The molecule has 0 fully saturated rings. The third-order valence-electron chi connectivity index (χ3n) is 3.32. The maximum Gasteiger partial charge on any atom is 0.125 e. The van der Waals surface area contributed by atoms with E-state index in [2.05, 4.69) is 31.5 Å². The summed E-state index contributed by atoms with van der Waals surface area (Å²) < 4.78 is 16.7. The van der Waals surface area contributed by atoms with Gasteiger partial charge in [0.05, 0.1) is 14.8 Å². The van der Waals surface area contributed by atoms with Crippen LogP contribution in [0, 0.1) is 5.82 Å². The van der Waals surface area contributed by atoms with Gasteiger partial charge in [0.2, 0.25) is 0 Å². The van der Waals surface area contributed by atoms with Gasteiger partial charge in [-0.15, -0.1) is 22.9 Å². The average Bonchev–Trinajstić information content (AvgIpc) is 3.01. The zero-order valence-electron chi connectivity index (χ0n) is 11.2. The summed E-state index contributed by atoms with van der Waals surface area (Å²) in [5.41, 5.74) is 1.66. The largest absolute Gasteiger partial charge is 0.328 e. The summed E-state index contributed by atoms with van der Waals surface area (Å²) in [7, 11) is 0. The van der Waals surface area contributed by atoms with Crippen LogP contribution >= 0.6 is 38.9 Å². The molecule has 6 heteroatoms. The van der Waals surface area contributed by atoms with Gasteiger partial charge < -0.3 is 4.57 Å². The summed E-state index contributed by atoms with van der Waals surface area (Å²) in [5, 5.41) is 0. The van der Waals surface area contributed by atoms with Crippen molar-refractivity contribution in [2.75, 3.05) is 5.88 Å². The Kier molecular flexibility index (Phi) is 4.62. The minimum absolute atomic E-state index is 0.236. The maximum atomic E-state index is 13.5. The number of imidazole rings is 1. The molecule has 0 saturated carbocycles. The van der Waals surface area contributed by atoms with Crippen LogP contribution in [0.25, 0.3) is 11.0 Å². The van der Waals surface area contributed by atoms with E-state index in [1.807, 2.05) is 6.07 Å². The Morgan fingerprint density at radius 2 is 2.10 bits per heavy atom. The summed E-state index contributed by atoms with van der Waals surface area (Å²) in [6.07, 6.45) is 1.58. The van der Waals surface area contributed by atoms with E-state index in [1.54, 1.807) is 23.5 Å². The standard InChI is InChI=1S/C15H13BrClFN2S/c16-14-4-2-11(21-14)6-8-20-13-9-10(18)1-3-12(13)19-15(20)5-7-17/h1-4,9H,5-8H2. The first-order valence-corrected chi connectivity index (χ1v) is 8.76. The minimum atomic E-state index is -0.236. The van der Waals surface area contributed by atoms with Crippen LogP contribution in [-0.2, 0) is 19.4 Å². The third kappa shape index (κ3) is 3.30. The number of aryl methyl sites for hydroxylation is 3. The van der Waals surface area contributed by atoms with Crippen LogP contribution in [0.5, 0.6) is 0 Å². The Morgan fingerprint density at radius 3 is 2.81 bits per heavy atom. The minimum Gasteiger partial charge on any atom is -0.328 e. The van der Waals surface area contributed by atoms with E-state index in [-0.39, 0.29) is 5.82 Å². The molecule has 0 atom stereocenters. The Labute approximate surface area is 139 Å². The fourth-order valence-electron chi connectivity index (χ4n) is 2.38. The topological polar surface area (TPSA) is 17.8 Å². The van der Waals surface area contributed by atoms with E-state index in [4.69, 9.17) is 11.6 Å². The predicted octanol–water partition coefficient (Wildman–Crippen LogP) is 5.02. The van der Waals surface area contributed by atoms with E-state index in [0.717, 1.165) is 33.6 Å². The molecule has 0 unspecified atom stereocenters. The smallest absolute Gasteiger partial charge is 0.125 e. The van der Waals surface area contributed by atoms with Gasteiger partial charge in [-0.1, -0.05) is 0 Å². The van der Waals surface area contributed by atoms with Crippen molar-refractivity contribution in [3.63, 3.8) is 0 Å². The molecule has 0 aliphatic rings. The molecule has 0 aliphatic carbocycles. The molecule has 0 saturated heterocycles. The van der Waals surface area contributed by atoms with Crippen LogP contribution in [0.1, 0.15) is 10.7 Å². The number of hydrogen-bond donors (Lipinski definition) is 0. The number of nitrogens with zero attached hydrogens (tertiary/aromatic N) is 2. The van der Waals surface area contributed by atoms with Crippen LogP contribution in [0.3, 0.4) is 0 Å². The average molecular weight is 388 g/mol. The Bertz CT molecular complexity index is 768. The number of thiophene rings is 1. The Morgan fingerprint density at radius 1 is 1.24 bits per heavy atom. The number of fused-ring (bicyclic) bond motifs is 1. The molecule has 0 aliphatic heterocycles. The normalized spacial score (nSPS) is 11.4. The first kappa shape index (κ1) is 15.0. The highest BCUT2D eigenvalue weighted by atomic mass is 79.9. The van der Waals surface area contributed by atoms with Crippen LogP contribution in [0.2, 0.25) is 0 Å². The zero-order chi connectivity index (χ0) is 14.8. The van der Waals surface area contributed by atoms with E-state index < -0.39 is 0 Å². The zero-order valence-corrected chi connectivity index (χ0v) is 14.3. The number of aromatic nitrogens is 2. The van der Waals surface area contributed by atoms with Crippen molar-refractivity contribution >= 4 is 49.9 Å². The lowest BCUT2D eigenvalue weighted by Gasteiger charge is -2.07. The quantitative estimate of drug-likeness (QED) is 0.562. The summed E-state index contributed by atoms with van der Waals surface area (Å²) in [5.74, 6) is 1.19. The van der Waals surface area contributed by atoms with E-state index in [0.29, 0.717) is 12.3 Å². The molecule has 2 aromatic heterocycles. The molecule has 0 bridgehead atoms. The third-order valence-corrected chi connectivity index (χ3v) is 5.19. The molecular formula is C15H13BrClFN2S. The molecule has 0 amide bonds. The second-order valence-electron chi connectivity index (χ2n) is 4.71. The summed E-state index contributed by atoms with van der Waals surface area (Å²) in [4.78, 5) is 5.86. The number of halogens is 3. The maximum absolute atomic E-state index is 13.5. The molecule has 0 radical (unpaired) electrons. The van der Waals surface area contributed by atoms with Crippen molar-refractivity contribution in [3.05, 3.63) is 50.6 Å². The molecule has 110 valence electrons. The highest BCUT2D eigenvalue weighted by Crippen LogP contribution is 2.24. The van der Waals surface area contributed by atoms with Crippen molar-refractivity contribution in [2.45, 2.75) is 19.4 Å². The Hall–Kier alpha value is -0.910. The lowest BCUT2D eigenvalue weighted by atomic mass is 10.3. The van der Waals surface area contributed by atoms with Crippen LogP contribution in [0.15, 0.2) is 34.1 Å². The van der Waals surface area contributed by atoms with Gasteiger partial charge in [0.25, 0.3) is 0 Å². The van der Waals surface area contributed by atoms with Crippen LogP contribution in [-0.4, -0.2) is 15.4 Å². The first-order chi connectivity index (χ1) is 10.2. The highest BCUT2D eigenvalue weighted by Gasteiger charge is 2.11. The van der Waals surface area contributed by atoms with Gasteiger partial charge in [0.1, 0.15) is 11.6 Å². The fraction of sp³-hybridized carbons (Fsp3) is 0.267. The SMILES string of the molecule is Fc1ccc2nc(CCCl)n(CCc3ccc(Br)s3)c2c1. The van der Waals surface area contributed by atoms with Gasteiger partial charge in [-0.2, -0.15) is 0 Å². The molecule has 2 nitrogen and oxygen atoms in total. The molecular weight excluding hydrogens is 375 g/mol. The van der Waals surface area contributed by atoms with E-state index in [9.17, 15) is 4.39 Å². The number of rotatable bonds is 5. The fourth-order valence-corrected chi connectivity index (χ4v) is 4.02. The van der Waals surface area contributed by atoms with Crippen molar-refractivity contribution in [3.8, 4) is 0 Å². The predicted molar refractivity (Wildman–Crippen MR) is 89.8 cm³/mol. The molecule has 21 heavy (non-hydrogen) atoms. The number of alkyl halides is 1. The Balaban J connectivity index is 1.94. The highest BCUT2D eigenvalue weighted by molar-refractivity contribution is 9.11. The van der Waals surface area contributed by atoms with Gasteiger partial charge in [0.15, 0.2) is 0 Å². The van der Waals surface area contributed by atoms with Crippen molar-refractivity contribution in [1.82, 2.24) is 9.55 Å². The monoisotopic (exact) mass is 386 g/mol. The van der Waals surface area contributed by atoms with E-state index in [1.165, 1.54) is 10.9 Å². The molecule has 2 heterocycles. The summed E-state index contributed by atoms with van der Waals surface area (Å²) in [6.45, 7) is 0.777. The van der Waals surface area contributed by atoms with Gasteiger partial charge in [-0.3, -0.25) is 0 Å². The second kappa shape index (κ2) is 6.46. The van der Waals surface area contributed by atoms with Crippen LogP contribution in [0.4, 0.5) is 4.39 Å². The summed E-state index contributed by atoms with van der Waals surface area (Å²) >= 11 is 11.0. The van der Waals surface area contributed by atoms with Crippen molar-refractivity contribution in [2.24, 2.45) is 0 Å². The van der Waals surface area contributed by atoms with Gasteiger partial charge in [-0.05, 0) is 52.7 Å². The molecule has 1 aromatic carbocycles. The van der Waals surface area contributed by atoms with Gasteiger partial charge >= 0.3 is 0 Å². The number of benzene rings is 1. The lowest BCUT2D eigenvalue weighted by molar-refractivity contribution is 0.626. The first-order valence-electron chi connectivity index (χ1n) is 6.62. The second-order valence-corrected chi connectivity index (χ2v) is 7.63. The van der Waals surface area contributed by atoms with Gasteiger partial charge in [-0.25, -0.2) is 9.37 Å². The summed E-state index contributed by atoms with van der Waals surface area (Å²) in [6, 6.07) is 8.87. The van der Waals surface area contributed by atoms with Crippen molar-refractivity contribution < 1.29 is 4.39 Å².